The Morgan fingerprint density at radius 1 is 1.26 bits per heavy atom. The maximum Gasteiger partial charge on any atom is 0.274 e. The van der Waals surface area contributed by atoms with E-state index >= 15 is 0 Å². The Labute approximate surface area is 189 Å². The summed E-state index contributed by atoms with van der Waals surface area (Å²) in [6.07, 6.45) is 0. The van der Waals surface area contributed by atoms with E-state index in [-0.39, 0.29) is 5.56 Å². The van der Waals surface area contributed by atoms with Gasteiger partial charge in [0.05, 0.1) is 35.3 Å². The van der Waals surface area contributed by atoms with Crippen molar-refractivity contribution in [2.75, 3.05) is 12.4 Å². The van der Waals surface area contributed by atoms with Crippen LogP contribution < -0.4 is 20.9 Å². The number of aryl methyl sites for hydroxylation is 1. The number of hydrogen-bond acceptors (Lipinski definition) is 5. The molecule has 4 rings (SSSR count). The lowest BCUT2D eigenvalue weighted by Crippen LogP contribution is -2.27. The van der Waals surface area contributed by atoms with Gasteiger partial charge in [-0.25, -0.2) is 4.98 Å². The SMILES string of the molecule is COc1cccc(CNC(=S)Nc2ccc3c(c2)c(=O)n(C)n3Cc2csc(C)n2)c1. The highest BCUT2D eigenvalue weighted by molar-refractivity contribution is 7.80. The molecule has 7 nitrogen and oxygen atoms in total. The summed E-state index contributed by atoms with van der Waals surface area (Å²) in [4.78, 5) is 17.3. The Kier molecular flexibility index (Phi) is 6.06. The topological polar surface area (TPSA) is 73.1 Å². The minimum absolute atomic E-state index is 0.0548. The first-order chi connectivity index (χ1) is 14.9. The average molecular weight is 454 g/mol. The average Bonchev–Trinajstić information content (AvgIpc) is 3.29. The summed E-state index contributed by atoms with van der Waals surface area (Å²) in [6, 6.07) is 13.5. The van der Waals surface area contributed by atoms with Crippen molar-refractivity contribution in [3.8, 4) is 5.75 Å². The molecule has 0 aliphatic heterocycles. The van der Waals surface area contributed by atoms with Crippen LogP contribution in [0.15, 0.2) is 52.6 Å². The first-order valence-corrected chi connectivity index (χ1v) is 11.0. The van der Waals surface area contributed by atoms with E-state index in [9.17, 15) is 4.79 Å². The van der Waals surface area contributed by atoms with Crippen molar-refractivity contribution in [2.45, 2.75) is 20.0 Å². The molecule has 0 saturated carbocycles. The van der Waals surface area contributed by atoms with Gasteiger partial charge in [0, 0.05) is 24.7 Å². The third-order valence-corrected chi connectivity index (χ3v) is 6.05. The van der Waals surface area contributed by atoms with Gasteiger partial charge in [-0.15, -0.1) is 11.3 Å². The number of thiocarbonyl (C=S) groups is 1. The van der Waals surface area contributed by atoms with Crippen molar-refractivity contribution in [3.05, 3.63) is 74.5 Å². The van der Waals surface area contributed by atoms with Crippen molar-refractivity contribution in [1.29, 1.82) is 0 Å². The van der Waals surface area contributed by atoms with Crippen LogP contribution in [0.1, 0.15) is 16.3 Å². The molecule has 0 saturated heterocycles. The number of anilines is 1. The van der Waals surface area contributed by atoms with Crippen molar-refractivity contribution in [1.82, 2.24) is 19.7 Å². The quantitative estimate of drug-likeness (QED) is 0.434. The summed E-state index contributed by atoms with van der Waals surface area (Å²) in [5, 5.41) is 10.5. The standard InChI is InChI=1S/C22H23N5O2S2/c1-14-24-17(13-31-14)12-27-20-8-7-16(10-19(20)21(28)26(27)2)25-22(30)23-11-15-5-4-6-18(9-15)29-3/h4-10,13H,11-12H2,1-3H3,(H2,23,25,30). The number of fused-ring (bicyclic) bond motifs is 1. The van der Waals surface area contributed by atoms with Crippen LogP contribution in [-0.2, 0) is 20.1 Å². The van der Waals surface area contributed by atoms with Gasteiger partial charge in [0.2, 0.25) is 0 Å². The smallest absolute Gasteiger partial charge is 0.274 e. The molecule has 0 radical (unpaired) electrons. The van der Waals surface area contributed by atoms with Crippen LogP contribution in [-0.4, -0.2) is 26.6 Å². The highest BCUT2D eigenvalue weighted by atomic mass is 32.1. The largest absolute Gasteiger partial charge is 0.497 e. The lowest BCUT2D eigenvalue weighted by atomic mass is 10.2. The molecule has 2 heterocycles. The molecule has 0 fully saturated rings. The molecule has 0 atom stereocenters. The highest BCUT2D eigenvalue weighted by Gasteiger charge is 2.13. The fourth-order valence-electron chi connectivity index (χ4n) is 3.42. The normalized spacial score (nSPS) is 10.9. The van der Waals surface area contributed by atoms with Crippen LogP contribution in [0.2, 0.25) is 0 Å². The molecular weight excluding hydrogens is 430 g/mol. The van der Waals surface area contributed by atoms with Gasteiger partial charge in [0.15, 0.2) is 5.11 Å². The molecule has 2 aromatic carbocycles. The molecule has 0 aliphatic rings. The summed E-state index contributed by atoms with van der Waals surface area (Å²) in [7, 11) is 3.42. The van der Waals surface area contributed by atoms with E-state index in [4.69, 9.17) is 17.0 Å². The van der Waals surface area contributed by atoms with Crippen molar-refractivity contribution < 1.29 is 4.74 Å². The van der Waals surface area contributed by atoms with Gasteiger partial charge < -0.3 is 15.4 Å². The Balaban J connectivity index is 1.49. The third kappa shape index (κ3) is 4.62. The fraction of sp³-hybridized carbons (Fsp3) is 0.227. The summed E-state index contributed by atoms with van der Waals surface area (Å²) in [6.45, 7) is 3.09. The van der Waals surface area contributed by atoms with Gasteiger partial charge in [-0.05, 0) is 55.0 Å². The molecule has 0 bridgehead atoms. The van der Waals surface area contributed by atoms with E-state index < -0.39 is 0 Å². The van der Waals surface area contributed by atoms with E-state index in [0.717, 1.165) is 33.2 Å². The number of benzene rings is 2. The van der Waals surface area contributed by atoms with E-state index in [2.05, 4.69) is 15.6 Å². The lowest BCUT2D eigenvalue weighted by Gasteiger charge is -2.11. The zero-order valence-corrected chi connectivity index (χ0v) is 19.1. The second-order valence-electron chi connectivity index (χ2n) is 7.14. The van der Waals surface area contributed by atoms with Crippen LogP contribution in [0.25, 0.3) is 10.9 Å². The number of nitrogens with zero attached hydrogens (tertiary/aromatic N) is 3. The summed E-state index contributed by atoms with van der Waals surface area (Å²) < 4.78 is 8.81. The zero-order chi connectivity index (χ0) is 22.0. The van der Waals surface area contributed by atoms with Gasteiger partial charge >= 0.3 is 0 Å². The maximum absolute atomic E-state index is 12.8. The van der Waals surface area contributed by atoms with E-state index in [1.165, 1.54) is 0 Å². The van der Waals surface area contributed by atoms with Crippen LogP contribution >= 0.6 is 23.6 Å². The lowest BCUT2D eigenvalue weighted by molar-refractivity contribution is 0.414. The Bertz CT molecular complexity index is 1300. The molecule has 0 spiro atoms. The van der Waals surface area contributed by atoms with Gasteiger partial charge in [-0.3, -0.25) is 14.2 Å². The molecule has 0 aliphatic carbocycles. The van der Waals surface area contributed by atoms with E-state index in [1.54, 1.807) is 30.2 Å². The molecule has 9 heteroatoms. The van der Waals surface area contributed by atoms with Crippen LogP contribution in [0.5, 0.6) is 5.75 Å². The number of nitrogens with one attached hydrogen (secondary N) is 2. The van der Waals surface area contributed by atoms with Gasteiger partial charge in [-0.2, -0.15) is 0 Å². The number of thiazole rings is 1. The Hall–Kier alpha value is -3.17. The zero-order valence-electron chi connectivity index (χ0n) is 17.5. The molecule has 160 valence electrons. The van der Waals surface area contributed by atoms with Gasteiger partial charge in [0.25, 0.3) is 5.56 Å². The van der Waals surface area contributed by atoms with E-state index in [0.29, 0.717) is 23.6 Å². The summed E-state index contributed by atoms with van der Waals surface area (Å²) in [5.74, 6) is 0.803. The van der Waals surface area contributed by atoms with Crippen LogP contribution in [0.3, 0.4) is 0 Å². The van der Waals surface area contributed by atoms with Crippen molar-refractivity contribution >= 4 is 45.3 Å². The number of ether oxygens (including phenoxy) is 1. The molecule has 0 amide bonds. The van der Waals surface area contributed by atoms with Crippen LogP contribution in [0.4, 0.5) is 5.69 Å². The monoisotopic (exact) mass is 453 g/mol. The minimum Gasteiger partial charge on any atom is -0.497 e. The summed E-state index contributed by atoms with van der Waals surface area (Å²) in [5.41, 5.74) is 3.57. The molecule has 2 N–H and O–H groups in total. The number of rotatable bonds is 6. The van der Waals surface area contributed by atoms with Gasteiger partial charge in [0.1, 0.15) is 5.75 Å². The molecule has 0 unspecified atom stereocenters. The second kappa shape index (κ2) is 8.91. The number of aromatic nitrogens is 3. The molecule has 4 aromatic rings. The molecular formula is C22H23N5O2S2. The van der Waals surface area contributed by atoms with Crippen molar-refractivity contribution in [3.63, 3.8) is 0 Å². The maximum atomic E-state index is 12.8. The Morgan fingerprint density at radius 2 is 2.10 bits per heavy atom. The second-order valence-corrected chi connectivity index (χ2v) is 8.61. The number of hydrogen-bond donors (Lipinski definition) is 2. The van der Waals surface area contributed by atoms with E-state index in [1.807, 2.05) is 59.5 Å². The molecule has 2 aromatic heterocycles. The predicted octanol–water partition coefficient (Wildman–Crippen LogP) is 3.65. The molecule has 31 heavy (non-hydrogen) atoms. The van der Waals surface area contributed by atoms with Gasteiger partial charge in [-0.1, -0.05) is 12.1 Å². The minimum atomic E-state index is -0.0548. The first kappa shape index (κ1) is 21.1. The van der Waals surface area contributed by atoms with Crippen LogP contribution in [0, 0.1) is 6.92 Å². The number of methoxy groups -OCH3 is 1. The van der Waals surface area contributed by atoms with Crippen molar-refractivity contribution in [2.24, 2.45) is 7.05 Å². The Morgan fingerprint density at radius 3 is 2.84 bits per heavy atom. The summed E-state index contributed by atoms with van der Waals surface area (Å²) >= 11 is 7.03. The third-order valence-electron chi connectivity index (χ3n) is 4.98. The fourth-order valence-corrected chi connectivity index (χ4v) is 4.22. The predicted molar refractivity (Wildman–Crippen MR) is 129 cm³/mol. The first-order valence-electron chi connectivity index (χ1n) is 9.73. The highest BCUT2D eigenvalue weighted by Crippen LogP contribution is 2.19.